The van der Waals surface area contributed by atoms with Crippen molar-refractivity contribution in [3.8, 4) is 0 Å². The standard InChI is InChI=1S/C16H25N3S2/c1-2-13-10-19(7-8-20-13)16-18-15(11-3-4-11)14(21-16)9-17-12-5-6-12/h11-13,17H,2-10H2,1H3. The molecule has 0 aromatic carbocycles. The first-order chi connectivity index (χ1) is 10.3. The van der Waals surface area contributed by atoms with E-state index in [9.17, 15) is 0 Å². The first-order valence-corrected chi connectivity index (χ1v) is 10.3. The van der Waals surface area contributed by atoms with E-state index in [0.29, 0.717) is 0 Å². The number of aromatic nitrogens is 1. The molecule has 0 bridgehead atoms. The quantitative estimate of drug-likeness (QED) is 0.866. The van der Waals surface area contributed by atoms with Crippen molar-refractivity contribution in [2.24, 2.45) is 0 Å². The number of hydrogen-bond donors (Lipinski definition) is 1. The Morgan fingerprint density at radius 1 is 1.29 bits per heavy atom. The van der Waals surface area contributed by atoms with Gasteiger partial charge in [0.2, 0.25) is 0 Å². The maximum absolute atomic E-state index is 5.06. The van der Waals surface area contributed by atoms with Gasteiger partial charge in [-0.3, -0.25) is 0 Å². The summed E-state index contributed by atoms with van der Waals surface area (Å²) in [5.74, 6) is 2.03. The van der Waals surface area contributed by atoms with Gasteiger partial charge in [0.15, 0.2) is 5.13 Å². The highest BCUT2D eigenvalue weighted by Gasteiger charge is 2.32. The molecule has 21 heavy (non-hydrogen) atoms. The molecule has 3 fully saturated rings. The van der Waals surface area contributed by atoms with Crippen molar-refractivity contribution in [3.05, 3.63) is 10.6 Å². The lowest BCUT2D eigenvalue weighted by Gasteiger charge is -2.31. The lowest BCUT2D eigenvalue weighted by atomic mass is 10.2. The molecule has 1 unspecified atom stereocenters. The van der Waals surface area contributed by atoms with E-state index in [0.717, 1.165) is 23.8 Å². The average Bonchev–Trinajstić information content (AvgIpc) is 3.44. The van der Waals surface area contributed by atoms with Gasteiger partial charge in [0, 0.05) is 47.5 Å². The van der Waals surface area contributed by atoms with Crippen molar-refractivity contribution in [2.45, 2.75) is 62.8 Å². The molecule has 1 N–H and O–H groups in total. The molecule has 116 valence electrons. The third-order valence-corrected chi connectivity index (χ3v) is 7.18. The topological polar surface area (TPSA) is 28.2 Å². The number of nitrogens with zero attached hydrogens (tertiary/aromatic N) is 2. The molecule has 3 nitrogen and oxygen atoms in total. The predicted octanol–water partition coefficient (Wildman–Crippen LogP) is 3.60. The fraction of sp³-hybridized carbons (Fsp3) is 0.812. The minimum Gasteiger partial charge on any atom is -0.346 e. The Kier molecular flexibility index (Phi) is 4.16. The monoisotopic (exact) mass is 323 g/mol. The minimum absolute atomic E-state index is 0.771. The Morgan fingerprint density at radius 2 is 2.14 bits per heavy atom. The Bertz CT molecular complexity index is 494. The summed E-state index contributed by atoms with van der Waals surface area (Å²) in [4.78, 5) is 9.12. The van der Waals surface area contributed by atoms with Gasteiger partial charge in [-0.05, 0) is 32.1 Å². The number of thioether (sulfide) groups is 1. The van der Waals surface area contributed by atoms with Crippen molar-refractivity contribution in [2.75, 3.05) is 23.7 Å². The molecule has 1 aromatic rings. The number of hydrogen-bond acceptors (Lipinski definition) is 5. The van der Waals surface area contributed by atoms with Crippen LogP contribution in [0.25, 0.3) is 0 Å². The second kappa shape index (κ2) is 6.09. The summed E-state index contributed by atoms with van der Waals surface area (Å²) in [5, 5.41) is 5.77. The number of nitrogens with one attached hydrogen (secondary N) is 1. The molecule has 2 aliphatic carbocycles. The molecule has 1 aromatic heterocycles. The smallest absolute Gasteiger partial charge is 0.185 e. The van der Waals surface area contributed by atoms with Crippen LogP contribution in [0.15, 0.2) is 0 Å². The molecule has 4 rings (SSSR count). The number of thiazole rings is 1. The van der Waals surface area contributed by atoms with Gasteiger partial charge in [-0.1, -0.05) is 6.92 Å². The van der Waals surface area contributed by atoms with Crippen molar-refractivity contribution >= 4 is 28.2 Å². The molecule has 2 heterocycles. The maximum atomic E-state index is 5.06. The van der Waals surface area contributed by atoms with E-state index >= 15 is 0 Å². The summed E-state index contributed by atoms with van der Waals surface area (Å²) in [6, 6.07) is 0.790. The van der Waals surface area contributed by atoms with Crippen LogP contribution in [0.1, 0.15) is 55.5 Å². The predicted molar refractivity (Wildman–Crippen MR) is 92.7 cm³/mol. The zero-order valence-corrected chi connectivity index (χ0v) is 14.4. The molecule has 5 heteroatoms. The fourth-order valence-electron chi connectivity index (χ4n) is 2.95. The first kappa shape index (κ1) is 14.3. The molecule has 3 aliphatic rings. The molecule has 1 atom stereocenters. The van der Waals surface area contributed by atoms with Gasteiger partial charge in [-0.25, -0.2) is 4.98 Å². The highest BCUT2D eigenvalue weighted by Crippen LogP contribution is 2.44. The van der Waals surface area contributed by atoms with E-state index in [1.807, 2.05) is 11.3 Å². The van der Waals surface area contributed by atoms with Crippen molar-refractivity contribution < 1.29 is 0 Å². The van der Waals surface area contributed by atoms with Crippen LogP contribution in [-0.2, 0) is 6.54 Å². The highest BCUT2D eigenvalue weighted by atomic mass is 32.2. The largest absolute Gasteiger partial charge is 0.346 e. The van der Waals surface area contributed by atoms with Gasteiger partial charge in [-0.2, -0.15) is 11.8 Å². The lowest BCUT2D eigenvalue weighted by Crippen LogP contribution is -2.37. The Balaban J connectivity index is 1.49. The Morgan fingerprint density at radius 3 is 2.86 bits per heavy atom. The second-order valence-corrected chi connectivity index (χ2v) is 9.05. The van der Waals surface area contributed by atoms with Crippen LogP contribution in [0.2, 0.25) is 0 Å². The van der Waals surface area contributed by atoms with Crippen molar-refractivity contribution in [1.82, 2.24) is 10.3 Å². The summed E-state index contributed by atoms with van der Waals surface area (Å²) in [6.45, 7) is 5.72. The van der Waals surface area contributed by atoms with Crippen molar-refractivity contribution in [1.29, 1.82) is 0 Å². The minimum atomic E-state index is 0.771. The van der Waals surface area contributed by atoms with Crippen molar-refractivity contribution in [3.63, 3.8) is 0 Å². The summed E-state index contributed by atoms with van der Waals surface area (Å²) in [6.07, 6.45) is 6.72. The molecular weight excluding hydrogens is 298 g/mol. The SMILES string of the molecule is CCC1CN(c2nc(C3CC3)c(CNC3CC3)s2)CCS1. The molecule has 0 amide bonds. The molecule has 1 saturated heterocycles. The molecule has 2 saturated carbocycles. The van der Waals surface area contributed by atoms with E-state index in [2.05, 4.69) is 28.9 Å². The third-order valence-electron chi connectivity index (χ3n) is 4.67. The summed E-state index contributed by atoms with van der Waals surface area (Å²) in [7, 11) is 0. The summed E-state index contributed by atoms with van der Waals surface area (Å²) < 4.78 is 0. The Labute approximate surface area is 135 Å². The zero-order valence-electron chi connectivity index (χ0n) is 12.8. The van der Waals surface area contributed by atoms with E-state index in [1.165, 1.54) is 66.6 Å². The van der Waals surface area contributed by atoms with E-state index < -0.39 is 0 Å². The van der Waals surface area contributed by atoms with Gasteiger partial charge < -0.3 is 10.2 Å². The zero-order chi connectivity index (χ0) is 14.2. The van der Waals surface area contributed by atoms with Crippen LogP contribution in [0.4, 0.5) is 5.13 Å². The molecule has 0 radical (unpaired) electrons. The first-order valence-electron chi connectivity index (χ1n) is 8.43. The average molecular weight is 324 g/mol. The van der Waals surface area contributed by atoms with Gasteiger partial charge in [0.1, 0.15) is 0 Å². The van der Waals surface area contributed by atoms with Gasteiger partial charge in [-0.15, -0.1) is 11.3 Å². The second-order valence-electron chi connectivity index (χ2n) is 6.58. The van der Waals surface area contributed by atoms with E-state index in [-0.39, 0.29) is 0 Å². The van der Waals surface area contributed by atoms with Crippen LogP contribution >= 0.6 is 23.1 Å². The van der Waals surface area contributed by atoms with E-state index in [4.69, 9.17) is 4.98 Å². The number of rotatable bonds is 6. The fourth-order valence-corrected chi connectivity index (χ4v) is 5.26. The van der Waals surface area contributed by atoms with Crippen LogP contribution in [0, 0.1) is 0 Å². The Hall–Kier alpha value is -0.260. The summed E-state index contributed by atoms with van der Waals surface area (Å²) in [5.41, 5.74) is 1.43. The van der Waals surface area contributed by atoms with Crippen LogP contribution in [0.3, 0.4) is 0 Å². The maximum Gasteiger partial charge on any atom is 0.185 e. The van der Waals surface area contributed by atoms with Crippen LogP contribution in [-0.4, -0.2) is 35.1 Å². The van der Waals surface area contributed by atoms with E-state index in [1.54, 1.807) is 0 Å². The highest BCUT2D eigenvalue weighted by molar-refractivity contribution is 8.00. The molecule has 1 aliphatic heterocycles. The van der Waals surface area contributed by atoms with Gasteiger partial charge in [0.25, 0.3) is 0 Å². The van der Waals surface area contributed by atoms with Gasteiger partial charge in [0.05, 0.1) is 5.69 Å². The number of anilines is 1. The molecule has 0 spiro atoms. The van der Waals surface area contributed by atoms with Gasteiger partial charge >= 0.3 is 0 Å². The molecular formula is C16H25N3S2. The summed E-state index contributed by atoms with van der Waals surface area (Å²) >= 11 is 4.10. The lowest BCUT2D eigenvalue weighted by molar-refractivity contribution is 0.688. The van der Waals surface area contributed by atoms with Crippen LogP contribution < -0.4 is 10.2 Å². The normalized spacial score (nSPS) is 26.3. The third kappa shape index (κ3) is 3.40. The van der Waals surface area contributed by atoms with Crippen LogP contribution in [0.5, 0.6) is 0 Å².